The molecule has 2 aromatic heterocycles. The first kappa shape index (κ1) is 13.8. The van der Waals surface area contributed by atoms with Crippen LogP contribution in [0.3, 0.4) is 0 Å². The lowest BCUT2D eigenvalue weighted by atomic mass is 10.2. The van der Waals surface area contributed by atoms with Crippen LogP contribution in [0, 0.1) is 0 Å². The van der Waals surface area contributed by atoms with Gasteiger partial charge in [-0.15, -0.1) is 0 Å². The van der Waals surface area contributed by atoms with Gasteiger partial charge in [-0.3, -0.25) is 0 Å². The van der Waals surface area contributed by atoms with Crippen LogP contribution in [0.25, 0.3) is 10.9 Å². The maximum atomic E-state index is 4.38. The summed E-state index contributed by atoms with van der Waals surface area (Å²) in [5, 5.41) is 4.25. The summed E-state index contributed by atoms with van der Waals surface area (Å²) in [6, 6.07) is 9.86. The van der Waals surface area contributed by atoms with E-state index >= 15 is 0 Å². The lowest BCUT2D eigenvalue weighted by Gasteiger charge is -2.12. The number of rotatable bonds is 3. The summed E-state index contributed by atoms with van der Waals surface area (Å²) in [4.78, 5) is 14.9. The van der Waals surface area contributed by atoms with E-state index in [1.54, 1.807) is 12.5 Å². The Morgan fingerprint density at radius 2 is 1.90 bits per heavy atom. The molecule has 3 rings (SSSR count). The number of aromatic nitrogens is 3. The first-order valence-electron chi connectivity index (χ1n) is 6.44. The van der Waals surface area contributed by atoms with Crippen molar-refractivity contribution in [3.05, 3.63) is 47.3 Å². The zero-order chi connectivity index (χ0) is 14.8. The Hall–Kier alpha value is -2.21. The number of halogens is 1. The Labute approximate surface area is 131 Å². The number of pyridine rings is 1. The highest BCUT2D eigenvalue weighted by Gasteiger charge is 2.05. The highest BCUT2D eigenvalue weighted by molar-refractivity contribution is 9.10. The molecule has 0 atom stereocenters. The third-order valence-corrected chi connectivity index (χ3v) is 3.56. The van der Waals surface area contributed by atoms with E-state index < -0.39 is 0 Å². The lowest BCUT2D eigenvalue weighted by molar-refractivity contribution is 1.07. The van der Waals surface area contributed by atoms with Crippen molar-refractivity contribution in [2.75, 3.05) is 24.3 Å². The predicted octanol–water partition coefficient (Wildman–Crippen LogP) is 3.60. The molecule has 0 aliphatic heterocycles. The van der Waals surface area contributed by atoms with E-state index in [1.165, 1.54) is 0 Å². The van der Waals surface area contributed by atoms with Crippen molar-refractivity contribution >= 4 is 44.2 Å². The molecule has 0 amide bonds. The summed E-state index contributed by atoms with van der Waals surface area (Å²) >= 11 is 3.48. The molecule has 0 unspecified atom stereocenters. The van der Waals surface area contributed by atoms with Gasteiger partial charge < -0.3 is 10.2 Å². The Morgan fingerprint density at radius 3 is 2.62 bits per heavy atom. The topological polar surface area (TPSA) is 53.9 Å². The first-order valence-corrected chi connectivity index (χ1v) is 7.23. The molecule has 21 heavy (non-hydrogen) atoms. The van der Waals surface area contributed by atoms with Gasteiger partial charge >= 0.3 is 0 Å². The molecule has 1 N–H and O–H groups in total. The molecule has 0 saturated carbocycles. The first-order chi connectivity index (χ1) is 10.1. The molecular weight excluding hydrogens is 330 g/mol. The summed E-state index contributed by atoms with van der Waals surface area (Å²) in [5.41, 5.74) is 1.79. The van der Waals surface area contributed by atoms with Crippen LogP contribution in [0.5, 0.6) is 0 Å². The fourth-order valence-electron chi connectivity index (χ4n) is 1.99. The summed E-state index contributed by atoms with van der Waals surface area (Å²) < 4.78 is 0.994. The summed E-state index contributed by atoms with van der Waals surface area (Å²) in [6.45, 7) is 0. The van der Waals surface area contributed by atoms with Gasteiger partial charge in [-0.1, -0.05) is 15.9 Å². The molecule has 0 bridgehead atoms. The van der Waals surface area contributed by atoms with E-state index in [1.807, 2.05) is 49.3 Å². The van der Waals surface area contributed by atoms with Gasteiger partial charge in [0.2, 0.25) is 0 Å². The quantitative estimate of drug-likeness (QED) is 0.787. The summed E-state index contributed by atoms with van der Waals surface area (Å²) in [7, 11) is 3.93. The van der Waals surface area contributed by atoms with Crippen molar-refractivity contribution in [3.8, 4) is 0 Å². The number of fused-ring (bicyclic) bond motifs is 1. The van der Waals surface area contributed by atoms with Gasteiger partial charge in [0.25, 0.3) is 0 Å². The normalized spacial score (nSPS) is 10.6. The minimum absolute atomic E-state index is 0.765. The third kappa shape index (κ3) is 2.95. The van der Waals surface area contributed by atoms with E-state index in [9.17, 15) is 0 Å². The van der Waals surface area contributed by atoms with Gasteiger partial charge in [0.1, 0.15) is 18.0 Å². The third-order valence-electron chi connectivity index (χ3n) is 3.07. The maximum absolute atomic E-state index is 4.38. The van der Waals surface area contributed by atoms with Gasteiger partial charge in [-0.25, -0.2) is 15.0 Å². The Bertz CT molecular complexity index is 771. The predicted molar refractivity (Wildman–Crippen MR) is 89.1 cm³/mol. The highest BCUT2D eigenvalue weighted by Crippen LogP contribution is 2.26. The van der Waals surface area contributed by atoms with Gasteiger partial charge in [0.05, 0.1) is 17.4 Å². The van der Waals surface area contributed by atoms with Crippen LogP contribution in [-0.4, -0.2) is 29.0 Å². The second-order valence-corrected chi connectivity index (χ2v) is 5.72. The van der Waals surface area contributed by atoms with Gasteiger partial charge in [-0.05, 0) is 30.3 Å². The number of hydrogen-bond donors (Lipinski definition) is 1. The molecule has 5 nitrogen and oxygen atoms in total. The fourth-order valence-corrected chi connectivity index (χ4v) is 2.35. The van der Waals surface area contributed by atoms with E-state index in [4.69, 9.17) is 0 Å². The SMILES string of the molecule is CN(C)c1ccc(Nc2ncnc3ccc(Br)cc23)cn1. The van der Waals surface area contributed by atoms with Crippen LogP contribution in [0.4, 0.5) is 17.3 Å². The van der Waals surface area contributed by atoms with Crippen LogP contribution >= 0.6 is 15.9 Å². The van der Waals surface area contributed by atoms with E-state index in [-0.39, 0.29) is 0 Å². The number of anilines is 3. The Balaban J connectivity index is 1.96. The zero-order valence-electron chi connectivity index (χ0n) is 11.7. The van der Waals surface area contributed by atoms with Gasteiger partial charge in [-0.2, -0.15) is 0 Å². The minimum atomic E-state index is 0.765. The largest absolute Gasteiger partial charge is 0.363 e. The molecule has 2 heterocycles. The average molecular weight is 344 g/mol. The maximum Gasteiger partial charge on any atom is 0.141 e. The zero-order valence-corrected chi connectivity index (χ0v) is 13.3. The molecule has 0 aliphatic carbocycles. The lowest BCUT2D eigenvalue weighted by Crippen LogP contribution is -2.10. The number of nitrogens with zero attached hydrogens (tertiary/aromatic N) is 4. The van der Waals surface area contributed by atoms with E-state index in [2.05, 4.69) is 36.2 Å². The molecule has 0 spiro atoms. The summed E-state index contributed by atoms with van der Waals surface area (Å²) in [5.74, 6) is 1.68. The molecule has 6 heteroatoms. The van der Waals surface area contributed by atoms with Crippen molar-refractivity contribution in [3.63, 3.8) is 0 Å². The number of nitrogens with one attached hydrogen (secondary N) is 1. The Morgan fingerprint density at radius 1 is 1.05 bits per heavy atom. The average Bonchev–Trinajstić information content (AvgIpc) is 2.48. The minimum Gasteiger partial charge on any atom is -0.363 e. The van der Waals surface area contributed by atoms with Crippen molar-refractivity contribution in [1.29, 1.82) is 0 Å². The molecule has 1 aromatic carbocycles. The van der Waals surface area contributed by atoms with Crippen molar-refractivity contribution in [2.24, 2.45) is 0 Å². The van der Waals surface area contributed by atoms with E-state index in [0.29, 0.717) is 0 Å². The standard InChI is InChI=1S/C15H14BrN5/c1-21(2)14-6-4-11(8-17-14)20-15-12-7-10(16)3-5-13(12)18-9-19-15/h3-9H,1-2H3,(H,18,19,20). The van der Waals surface area contributed by atoms with Gasteiger partial charge in [0.15, 0.2) is 0 Å². The number of hydrogen-bond acceptors (Lipinski definition) is 5. The van der Waals surface area contributed by atoms with Crippen molar-refractivity contribution in [1.82, 2.24) is 15.0 Å². The Kier molecular flexibility index (Phi) is 3.70. The molecule has 0 saturated heterocycles. The molecule has 106 valence electrons. The highest BCUT2D eigenvalue weighted by atomic mass is 79.9. The second-order valence-electron chi connectivity index (χ2n) is 4.81. The monoisotopic (exact) mass is 343 g/mol. The summed E-state index contributed by atoms with van der Waals surface area (Å²) in [6.07, 6.45) is 3.35. The molecular formula is C15H14BrN5. The van der Waals surface area contributed by atoms with E-state index in [0.717, 1.165) is 32.7 Å². The molecule has 0 aliphatic rings. The van der Waals surface area contributed by atoms with Crippen LogP contribution in [0.2, 0.25) is 0 Å². The smallest absolute Gasteiger partial charge is 0.141 e. The van der Waals surface area contributed by atoms with Crippen LogP contribution in [0.15, 0.2) is 47.3 Å². The second kappa shape index (κ2) is 5.65. The molecule has 0 radical (unpaired) electrons. The van der Waals surface area contributed by atoms with Crippen LogP contribution < -0.4 is 10.2 Å². The fraction of sp³-hybridized carbons (Fsp3) is 0.133. The van der Waals surface area contributed by atoms with Gasteiger partial charge in [0, 0.05) is 24.0 Å². The number of benzene rings is 1. The molecule has 0 fully saturated rings. The van der Waals surface area contributed by atoms with Crippen molar-refractivity contribution < 1.29 is 0 Å². The van der Waals surface area contributed by atoms with Crippen molar-refractivity contribution in [2.45, 2.75) is 0 Å². The van der Waals surface area contributed by atoms with Crippen LogP contribution in [0.1, 0.15) is 0 Å². The molecule has 3 aromatic rings. The van der Waals surface area contributed by atoms with Crippen LogP contribution in [-0.2, 0) is 0 Å².